The molecule has 0 aromatic carbocycles. The fourth-order valence-electron chi connectivity index (χ4n) is 2.43. The molecular formula is C12H13BrN4O3. The number of hydrogen-bond donors (Lipinski definition) is 2. The van der Waals surface area contributed by atoms with E-state index in [1.807, 2.05) is 0 Å². The van der Waals surface area contributed by atoms with E-state index in [1.165, 1.54) is 6.20 Å². The van der Waals surface area contributed by atoms with Crippen LogP contribution < -0.4 is 0 Å². The van der Waals surface area contributed by atoms with Crippen molar-refractivity contribution in [2.45, 2.75) is 18.4 Å². The minimum Gasteiger partial charge on any atom is -0.444 e. The maximum Gasteiger partial charge on any atom is 0.289 e. The van der Waals surface area contributed by atoms with E-state index in [0.717, 1.165) is 0 Å². The number of carbonyl (C=O) groups is 1. The highest BCUT2D eigenvalue weighted by molar-refractivity contribution is 9.10. The molecule has 0 aliphatic carbocycles. The Balaban J connectivity index is 1.80. The van der Waals surface area contributed by atoms with Crippen molar-refractivity contribution < 1.29 is 14.3 Å². The van der Waals surface area contributed by atoms with Crippen molar-refractivity contribution in [1.29, 1.82) is 0 Å². The van der Waals surface area contributed by atoms with Crippen LogP contribution in [0.3, 0.4) is 0 Å². The number of nitrogens with zero attached hydrogens (tertiary/aromatic N) is 3. The zero-order valence-corrected chi connectivity index (χ0v) is 12.1. The van der Waals surface area contributed by atoms with E-state index < -0.39 is 5.60 Å². The van der Waals surface area contributed by atoms with Crippen molar-refractivity contribution in [3.05, 3.63) is 34.5 Å². The number of likely N-dealkylation sites (tertiary alicyclic amines) is 1. The molecule has 1 amide bonds. The highest BCUT2D eigenvalue weighted by Crippen LogP contribution is 2.30. The molecule has 3 heterocycles. The first-order chi connectivity index (χ1) is 9.58. The van der Waals surface area contributed by atoms with Gasteiger partial charge in [-0.3, -0.25) is 4.79 Å². The van der Waals surface area contributed by atoms with Crippen molar-refractivity contribution in [1.82, 2.24) is 20.3 Å². The van der Waals surface area contributed by atoms with Gasteiger partial charge < -0.3 is 14.4 Å². The van der Waals surface area contributed by atoms with Crippen LogP contribution in [0.4, 0.5) is 0 Å². The second-order valence-corrected chi connectivity index (χ2v) is 5.60. The Morgan fingerprint density at radius 3 is 3.05 bits per heavy atom. The van der Waals surface area contributed by atoms with Gasteiger partial charge in [0.25, 0.3) is 5.91 Å². The van der Waals surface area contributed by atoms with Crippen molar-refractivity contribution >= 4 is 21.8 Å². The Hall–Kier alpha value is -1.67. The molecule has 1 fully saturated rings. The number of nitrogens with one attached hydrogen (secondary N) is 1. The van der Waals surface area contributed by atoms with Crippen LogP contribution in [0, 0.1) is 0 Å². The number of carbonyl (C=O) groups excluding carboxylic acids is 1. The summed E-state index contributed by atoms with van der Waals surface area (Å²) in [5, 5.41) is 20.8. The number of rotatable bonds is 2. The number of H-pyrrole nitrogens is 1. The molecule has 1 atom stereocenters. The lowest BCUT2D eigenvalue weighted by Gasteiger charge is -2.37. The van der Waals surface area contributed by atoms with Crippen LogP contribution >= 0.6 is 15.9 Å². The Bertz CT molecular complexity index is 612. The van der Waals surface area contributed by atoms with Crippen LogP contribution in [0.1, 0.15) is 29.1 Å². The molecule has 2 N–H and O–H groups in total. The lowest BCUT2D eigenvalue weighted by Crippen LogP contribution is -2.48. The first-order valence-corrected chi connectivity index (χ1v) is 7.01. The summed E-state index contributed by atoms with van der Waals surface area (Å²) in [5.74, 6) is 0.0126. The number of halogens is 1. The zero-order chi connectivity index (χ0) is 14.2. The van der Waals surface area contributed by atoms with Crippen LogP contribution in [-0.4, -0.2) is 44.4 Å². The monoisotopic (exact) mass is 340 g/mol. The van der Waals surface area contributed by atoms with Gasteiger partial charge in [0.05, 0.1) is 12.7 Å². The normalized spacial score (nSPS) is 23.0. The molecular weight excluding hydrogens is 328 g/mol. The Kier molecular flexibility index (Phi) is 3.35. The molecule has 20 heavy (non-hydrogen) atoms. The van der Waals surface area contributed by atoms with Gasteiger partial charge in [-0.25, -0.2) is 0 Å². The summed E-state index contributed by atoms with van der Waals surface area (Å²) in [5.41, 5.74) is -0.708. The van der Waals surface area contributed by atoms with Crippen LogP contribution in [-0.2, 0) is 5.60 Å². The van der Waals surface area contributed by atoms with Gasteiger partial charge in [0.1, 0.15) is 11.3 Å². The molecule has 3 rings (SSSR count). The molecule has 2 aromatic heterocycles. The molecule has 7 nitrogen and oxygen atoms in total. The van der Waals surface area contributed by atoms with E-state index in [9.17, 15) is 9.90 Å². The third-order valence-corrected chi connectivity index (χ3v) is 3.86. The second kappa shape index (κ2) is 5.02. The fraction of sp³-hybridized carbons (Fsp3) is 0.417. The summed E-state index contributed by atoms with van der Waals surface area (Å²) in [6.07, 6.45) is 2.72. The Morgan fingerprint density at radius 1 is 1.55 bits per heavy atom. The summed E-state index contributed by atoms with van der Waals surface area (Å²) in [7, 11) is 0. The van der Waals surface area contributed by atoms with Crippen molar-refractivity contribution in [2.24, 2.45) is 0 Å². The quantitative estimate of drug-likeness (QED) is 0.858. The summed E-state index contributed by atoms with van der Waals surface area (Å²) in [6.45, 7) is 0.758. The molecule has 1 saturated heterocycles. The summed E-state index contributed by atoms with van der Waals surface area (Å²) < 4.78 is 5.77. The standard InChI is InChI=1S/C12H13BrN4O3/c13-10-3-2-8(20-10)11(18)17-5-1-4-12(19,7-17)9-6-14-16-15-9/h2-3,6,19H,1,4-5,7H2,(H,14,15,16). The van der Waals surface area contributed by atoms with Gasteiger partial charge in [0, 0.05) is 6.54 Å². The third-order valence-electron chi connectivity index (χ3n) is 3.43. The molecule has 0 spiro atoms. The molecule has 1 aliphatic rings. The Morgan fingerprint density at radius 2 is 2.40 bits per heavy atom. The average Bonchev–Trinajstić information content (AvgIpc) is 3.09. The first-order valence-electron chi connectivity index (χ1n) is 6.22. The second-order valence-electron chi connectivity index (χ2n) is 4.82. The van der Waals surface area contributed by atoms with E-state index in [4.69, 9.17) is 4.42 Å². The predicted octanol–water partition coefficient (Wildman–Crippen LogP) is 1.28. The van der Waals surface area contributed by atoms with Crippen LogP contribution in [0.2, 0.25) is 0 Å². The van der Waals surface area contributed by atoms with Gasteiger partial charge in [0.15, 0.2) is 10.4 Å². The Labute approximate surface area is 123 Å². The van der Waals surface area contributed by atoms with E-state index in [2.05, 4.69) is 31.3 Å². The third kappa shape index (κ3) is 2.36. The number of β-amino-alcohol motifs (C(OH)–C–C–N with tert-alkyl or cyclic N) is 1. The maximum absolute atomic E-state index is 12.3. The van der Waals surface area contributed by atoms with Gasteiger partial charge in [0.2, 0.25) is 0 Å². The zero-order valence-electron chi connectivity index (χ0n) is 10.5. The lowest BCUT2D eigenvalue weighted by atomic mass is 9.90. The van der Waals surface area contributed by atoms with Crippen molar-refractivity contribution in [3.8, 4) is 0 Å². The van der Waals surface area contributed by atoms with Crippen molar-refractivity contribution in [3.63, 3.8) is 0 Å². The highest BCUT2D eigenvalue weighted by atomic mass is 79.9. The molecule has 106 valence electrons. The molecule has 0 bridgehead atoms. The van der Waals surface area contributed by atoms with Crippen LogP contribution in [0.15, 0.2) is 27.4 Å². The SMILES string of the molecule is O=C(c1ccc(Br)o1)N1CCCC(O)(c2cn[nH]n2)C1. The number of amides is 1. The predicted molar refractivity (Wildman–Crippen MR) is 71.8 cm³/mol. The summed E-state index contributed by atoms with van der Waals surface area (Å²) in [4.78, 5) is 13.9. The van der Waals surface area contributed by atoms with Gasteiger partial charge in [-0.2, -0.15) is 15.4 Å². The average molecular weight is 341 g/mol. The molecule has 0 saturated carbocycles. The molecule has 2 aromatic rings. The number of aromatic nitrogens is 3. The topological polar surface area (TPSA) is 95.3 Å². The summed E-state index contributed by atoms with van der Waals surface area (Å²) in [6, 6.07) is 3.27. The van der Waals surface area contributed by atoms with Gasteiger partial charge in [-0.15, -0.1) is 0 Å². The number of furan rings is 1. The minimum atomic E-state index is -1.16. The van der Waals surface area contributed by atoms with Crippen LogP contribution in [0.5, 0.6) is 0 Å². The molecule has 8 heteroatoms. The number of aromatic amines is 1. The van der Waals surface area contributed by atoms with Gasteiger partial charge in [-0.05, 0) is 40.9 Å². The molecule has 0 radical (unpaired) electrons. The van der Waals surface area contributed by atoms with E-state index in [0.29, 0.717) is 29.7 Å². The smallest absolute Gasteiger partial charge is 0.289 e. The summed E-state index contributed by atoms with van der Waals surface area (Å²) >= 11 is 3.17. The van der Waals surface area contributed by atoms with E-state index in [1.54, 1.807) is 17.0 Å². The fourth-order valence-corrected chi connectivity index (χ4v) is 2.74. The highest BCUT2D eigenvalue weighted by Gasteiger charge is 2.39. The maximum atomic E-state index is 12.3. The molecule has 1 aliphatic heterocycles. The van der Waals surface area contributed by atoms with Crippen LogP contribution in [0.25, 0.3) is 0 Å². The lowest BCUT2D eigenvalue weighted by molar-refractivity contribution is -0.0328. The largest absolute Gasteiger partial charge is 0.444 e. The minimum absolute atomic E-state index is 0.177. The first kappa shape index (κ1) is 13.3. The van der Waals surface area contributed by atoms with Crippen molar-refractivity contribution in [2.75, 3.05) is 13.1 Å². The molecule has 1 unspecified atom stereocenters. The van der Waals surface area contributed by atoms with E-state index in [-0.39, 0.29) is 18.2 Å². The number of hydrogen-bond acceptors (Lipinski definition) is 5. The van der Waals surface area contributed by atoms with Gasteiger partial charge in [-0.1, -0.05) is 0 Å². The van der Waals surface area contributed by atoms with E-state index >= 15 is 0 Å². The number of aliphatic hydroxyl groups is 1. The number of piperidine rings is 1. The van der Waals surface area contributed by atoms with Gasteiger partial charge >= 0.3 is 0 Å².